The zero-order valence-electron chi connectivity index (χ0n) is 13.7. The van der Waals surface area contributed by atoms with E-state index in [0.717, 1.165) is 0 Å². The molecule has 3 heteroatoms. The van der Waals surface area contributed by atoms with Crippen LogP contribution in [0.2, 0.25) is 0 Å². The summed E-state index contributed by atoms with van der Waals surface area (Å²) in [4.78, 5) is 0. The molecular formula is C21H20ClOZr. The molecule has 2 aromatic rings. The molecule has 2 aromatic carbocycles. The van der Waals surface area contributed by atoms with Crippen molar-refractivity contribution in [1.29, 1.82) is 0 Å². The molecule has 4 rings (SSSR count). The van der Waals surface area contributed by atoms with E-state index in [1.54, 1.807) is 0 Å². The summed E-state index contributed by atoms with van der Waals surface area (Å²) < 4.78 is 9.41. The van der Waals surface area contributed by atoms with Crippen LogP contribution in [0, 0.1) is 0 Å². The van der Waals surface area contributed by atoms with Crippen molar-refractivity contribution in [3.63, 3.8) is 0 Å². The number of hydrogen-bond acceptors (Lipinski definition) is 1. The van der Waals surface area contributed by atoms with Crippen molar-refractivity contribution in [3.05, 3.63) is 82.9 Å². The molecule has 1 nitrogen and oxygen atoms in total. The van der Waals surface area contributed by atoms with Gasteiger partial charge in [0.15, 0.2) is 0 Å². The Morgan fingerprint density at radius 2 is 1.42 bits per heavy atom. The fourth-order valence-electron chi connectivity index (χ4n) is 4.35. The summed E-state index contributed by atoms with van der Waals surface area (Å²) in [6.07, 6.45) is 9.33. The summed E-state index contributed by atoms with van der Waals surface area (Å²) in [6, 6.07) is 17.5. The Kier molecular flexibility index (Phi) is 4.56. The van der Waals surface area contributed by atoms with Gasteiger partial charge >= 0.3 is 153 Å². The van der Waals surface area contributed by atoms with E-state index < -0.39 is 19.8 Å². The Morgan fingerprint density at radius 3 is 1.88 bits per heavy atom. The second kappa shape index (κ2) is 6.67. The van der Waals surface area contributed by atoms with Crippen molar-refractivity contribution in [2.75, 3.05) is 4.31 Å². The van der Waals surface area contributed by atoms with Gasteiger partial charge in [-0.25, -0.2) is 0 Å². The number of benzene rings is 2. The van der Waals surface area contributed by atoms with Crippen molar-refractivity contribution in [1.82, 2.24) is 0 Å². The van der Waals surface area contributed by atoms with Crippen LogP contribution in [0.4, 0.5) is 0 Å². The normalized spacial score (nSPS) is 22.9. The number of halogens is 1. The summed E-state index contributed by atoms with van der Waals surface area (Å²) in [5, 5.41) is 0. The van der Waals surface area contributed by atoms with Gasteiger partial charge in [0.05, 0.1) is 0 Å². The van der Waals surface area contributed by atoms with Gasteiger partial charge in [0.25, 0.3) is 0 Å². The Balaban J connectivity index is 1.88. The molecule has 0 saturated heterocycles. The Hall–Kier alpha value is -1.08. The van der Waals surface area contributed by atoms with Gasteiger partial charge in [-0.2, -0.15) is 0 Å². The third-order valence-electron chi connectivity index (χ3n) is 5.60. The van der Waals surface area contributed by atoms with E-state index >= 15 is 0 Å². The van der Waals surface area contributed by atoms with E-state index in [-0.39, 0.29) is 0 Å². The number of hydrogen-bond donors (Lipinski definition) is 0. The summed E-state index contributed by atoms with van der Waals surface area (Å²) in [5.41, 5.74) is 5.57. The molecular weight excluding hydrogens is 395 g/mol. The summed E-state index contributed by atoms with van der Waals surface area (Å²) in [7, 11) is 0. The van der Waals surface area contributed by atoms with E-state index in [1.165, 1.54) is 22.3 Å². The first-order valence-corrected chi connectivity index (χ1v) is 14.7. The maximum atomic E-state index is 5.86. The van der Waals surface area contributed by atoms with Gasteiger partial charge < -0.3 is 0 Å². The van der Waals surface area contributed by atoms with Crippen LogP contribution in [0.25, 0.3) is 12.2 Å². The molecule has 0 aliphatic heterocycles. The predicted octanol–water partition coefficient (Wildman–Crippen LogP) is 5.63. The third kappa shape index (κ3) is 2.48. The van der Waals surface area contributed by atoms with Crippen LogP contribution < -0.4 is 0 Å². The Bertz CT molecular complexity index is 815. The first kappa shape index (κ1) is 16.4. The van der Waals surface area contributed by atoms with Crippen LogP contribution in [-0.4, -0.2) is 8.02 Å². The van der Waals surface area contributed by atoms with Crippen LogP contribution in [0.15, 0.2) is 60.7 Å². The molecule has 0 radical (unpaired) electrons. The zero-order valence-corrected chi connectivity index (χ0v) is 16.9. The average molecular weight is 415 g/mol. The minimum absolute atomic E-state index is 0.458. The van der Waals surface area contributed by atoms with Gasteiger partial charge in [-0.3, -0.25) is 0 Å². The fraction of sp³-hybridized carbons (Fsp3) is 0.190. The molecule has 2 atom stereocenters. The van der Waals surface area contributed by atoms with Gasteiger partial charge in [0.1, 0.15) is 0 Å². The minimum atomic E-state index is -3.00. The van der Waals surface area contributed by atoms with E-state index in [0.29, 0.717) is 11.6 Å². The molecule has 0 saturated carbocycles. The SMILES string of the molecule is C[CH]=[Zr]([CH2]OCl)([CH]1C=Cc2ccccc21)[CH]1C=Cc2ccccc21. The molecule has 2 unspecified atom stereocenters. The monoisotopic (exact) mass is 413 g/mol. The number of allylic oxidation sites excluding steroid dienone is 2. The molecule has 0 fully saturated rings. The van der Waals surface area contributed by atoms with Crippen LogP contribution >= 0.6 is 11.9 Å². The first-order chi connectivity index (χ1) is 11.8. The van der Waals surface area contributed by atoms with Crippen molar-refractivity contribution in [2.24, 2.45) is 0 Å². The van der Waals surface area contributed by atoms with Crippen LogP contribution in [0.1, 0.15) is 36.4 Å². The summed E-state index contributed by atoms with van der Waals surface area (Å²) in [5.74, 6) is 0. The van der Waals surface area contributed by atoms with E-state index in [4.69, 9.17) is 16.2 Å². The molecule has 0 aromatic heterocycles. The molecule has 2 aliphatic carbocycles. The van der Waals surface area contributed by atoms with Gasteiger partial charge in [0, 0.05) is 0 Å². The predicted molar refractivity (Wildman–Crippen MR) is 100.0 cm³/mol. The third-order valence-corrected chi connectivity index (χ3v) is 18.6. The molecule has 0 heterocycles. The fourth-order valence-corrected chi connectivity index (χ4v) is 16.3. The topological polar surface area (TPSA) is 9.23 Å². The quantitative estimate of drug-likeness (QED) is 0.630. The standard InChI is InChI=1S/2C9H7.C2H4.CH2ClO.Zr/c2*1-2-5-9-7-3-6-8(9)4-1;1-2;1-3-2;/h2*1-7H;1H,2H3;1H2;. The Morgan fingerprint density at radius 1 is 0.917 bits per heavy atom. The van der Waals surface area contributed by atoms with Crippen LogP contribution in [0.5, 0.6) is 0 Å². The van der Waals surface area contributed by atoms with Crippen molar-refractivity contribution >= 4 is 27.7 Å². The van der Waals surface area contributed by atoms with Crippen molar-refractivity contribution in [3.8, 4) is 0 Å². The summed E-state index contributed by atoms with van der Waals surface area (Å²) in [6.45, 7) is 2.22. The molecule has 2 aliphatic rings. The molecule has 121 valence electrons. The van der Waals surface area contributed by atoms with Crippen LogP contribution in [-0.2, 0) is 24.1 Å². The zero-order chi connectivity index (χ0) is 16.6. The van der Waals surface area contributed by atoms with Crippen LogP contribution in [0.3, 0.4) is 0 Å². The maximum absolute atomic E-state index is 5.86. The summed E-state index contributed by atoms with van der Waals surface area (Å²) >= 11 is 2.86. The first-order valence-electron chi connectivity index (χ1n) is 8.38. The second-order valence-corrected chi connectivity index (χ2v) is 17.5. The van der Waals surface area contributed by atoms with Gasteiger partial charge in [-0.05, 0) is 0 Å². The molecule has 0 spiro atoms. The average Bonchev–Trinajstić information content (AvgIpc) is 3.25. The molecule has 0 bridgehead atoms. The number of rotatable bonds is 4. The molecule has 0 amide bonds. The molecule has 0 N–H and O–H groups in total. The molecule has 24 heavy (non-hydrogen) atoms. The number of fused-ring (bicyclic) bond motifs is 2. The van der Waals surface area contributed by atoms with Crippen molar-refractivity contribution < 1.29 is 24.1 Å². The van der Waals surface area contributed by atoms with Crippen molar-refractivity contribution in [2.45, 2.75) is 14.2 Å². The second-order valence-electron chi connectivity index (χ2n) is 6.59. The van der Waals surface area contributed by atoms with Gasteiger partial charge in [-0.15, -0.1) is 0 Å². The van der Waals surface area contributed by atoms with Gasteiger partial charge in [-0.1, -0.05) is 0 Å². The van der Waals surface area contributed by atoms with E-state index in [9.17, 15) is 0 Å². The van der Waals surface area contributed by atoms with E-state index in [2.05, 4.69) is 83.5 Å². The van der Waals surface area contributed by atoms with Gasteiger partial charge in [0.2, 0.25) is 0 Å². The Labute approximate surface area is 152 Å². The van der Waals surface area contributed by atoms with E-state index in [1.807, 2.05) is 0 Å².